The molecule has 1 rings (SSSR count). The summed E-state index contributed by atoms with van der Waals surface area (Å²) in [4.78, 5) is 0. The maximum Gasteiger partial charge on any atom is 0.416 e. The molecular weight excluding hydrogens is 184 g/mol. The van der Waals surface area contributed by atoms with Gasteiger partial charge in [0.05, 0.1) is 5.56 Å². The molecule has 0 amide bonds. The second-order valence-electron chi connectivity index (χ2n) is 2.66. The minimum absolute atomic E-state index is 0.0924. The summed E-state index contributed by atoms with van der Waals surface area (Å²) in [5.41, 5.74) is -0.708. The molecule has 0 bridgehead atoms. The summed E-state index contributed by atoms with van der Waals surface area (Å²) in [5, 5.41) is 0. The van der Waals surface area contributed by atoms with Gasteiger partial charge < -0.3 is 0 Å². The molecule has 0 unspecified atom stereocenters. The Kier molecular flexibility index (Phi) is 2.59. The summed E-state index contributed by atoms with van der Waals surface area (Å²) in [6.45, 7) is 1.61. The second-order valence-corrected chi connectivity index (χ2v) is 2.66. The molecule has 0 N–H and O–H groups in total. The van der Waals surface area contributed by atoms with Crippen LogP contribution < -0.4 is 0 Å². The van der Waals surface area contributed by atoms with Crippen molar-refractivity contribution < 1.29 is 17.6 Å². The van der Waals surface area contributed by atoms with E-state index in [0.717, 1.165) is 18.2 Å². The van der Waals surface area contributed by atoms with Crippen molar-refractivity contribution in [1.82, 2.24) is 0 Å². The zero-order chi connectivity index (χ0) is 10.1. The third-order valence-electron chi connectivity index (χ3n) is 1.75. The predicted molar refractivity (Wildman–Crippen MR) is 40.8 cm³/mol. The van der Waals surface area contributed by atoms with Crippen LogP contribution in [0.5, 0.6) is 0 Å². The van der Waals surface area contributed by atoms with E-state index >= 15 is 0 Å². The highest BCUT2D eigenvalue weighted by Gasteiger charge is 2.30. The SMILES string of the molecule is CCc1cc(C(F)(F)F)ccc1F. The van der Waals surface area contributed by atoms with Crippen LogP contribution in [0.2, 0.25) is 0 Å². The Morgan fingerprint density at radius 3 is 2.31 bits per heavy atom. The first-order valence-corrected chi connectivity index (χ1v) is 3.80. The van der Waals surface area contributed by atoms with Gasteiger partial charge in [-0.2, -0.15) is 13.2 Å². The topological polar surface area (TPSA) is 0 Å². The lowest BCUT2D eigenvalue weighted by Crippen LogP contribution is -2.06. The summed E-state index contributed by atoms with van der Waals surface area (Å²) in [5.74, 6) is -0.587. The molecule has 0 aliphatic heterocycles. The molecule has 13 heavy (non-hydrogen) atoms. The maximum absolute atomic E-state index is 12.8. The van der Waals surface area contributed by atoms with E-state index in [-0.39, 0.29) is 12.0 Å². The molecule has 72 valence electrons. The van der Waals surface area contributed by atoms with Gasteiger partial charge in [0.15, 0.2) is 0 Å². The molecule has 0 nitrogen and oxygen atoms in total. The highest BCUT2D eigenvalue weighted by molar-refractivity contribution is 5.26. The largest absolute Gasteiger partial charge is 0.416 e. The Morgan fingerprint density at radius 2 is 1.85 bits per heavy atom. The average Bonchev–Trinajstić information content (AvgIpc) is 2.03. The standard InChI is InChI=1S/C9H8F4/c1-2-6-5-7(9(11,12)13)3-4-8(6)10/h3-5H,2H2,1H3. The number of halogens is 4. The van der Waals surface area contributed by atoms with Gasteiger partial charge >= 0.3 is 6.18 Å². The molecule has 1 aromatic carbocycles. The Labute approximate surface area is 73.2 Å². The molecule has 0 heterocycles. The van der Waals surface area contributed by atoms with Crippen LogP contribution in [0.25, 0.3) is 0 Å². The van der Waals surface area contributed by atoms with Gasteiger partial charge in [-0.1, -0.05) is 6.92 Å². The van der Waals surface area contributed by atoms with Crippen molar-refractivity contribution in [2.75, 3.05) is 0 Å². The third kappa shape index (κ3) is 2.20. The first-order chi connectivity index (χ1) is 5.95. The van der Waals surface area contributed by atoms with Crippen LogP contribution in [0.1, 0.15) is 18.1 Å². The van der Waals surface area contributed by atoms with Gasteiger partial charge in [0.25, 0.3) is 0 Å². The number of benzene rings is 1. The fourth-order valence-electron chi connectivity index (χ4n) is 1.02. The summed E-state index contributed by atoms with van der Waals surface area (Å²) in [7, 11) is 0. The molecule has 0 aromatic heterocycles. The van der Waals surface area contributed by atoms with Crippen LogP contribution in [0, 0.1) is 5.82 Å². The number of rotatable bonds is 1. The van der Waals surface area contributed by atoms with Crippen molar-refractivity contribution in [3.8, 4) is 0 Å². The van der Waals surface area contributed by atoms with Gasteiger partial charge in [0, 0.05) is 0 Å². The first-order valence-electron chi connectivity index (χ1n) is 3.80. The van der Waals surface area contributed by atoms with Gasteiger partial charge in [-0.05, 0) is 30.2 Å². The molecule has 0 fully saturated rings. The van der Waals surface area contributed by atoms with E-state index in [9.17, 15) is 17.6 Å². The predicted octanol–water partition coefficient (Wildman–Crippen LogP) is 3.41. The molecule has 0 radical (unpaired) electrons. The summed E-state index contributed by atoms with van der Waals surface area (Å²) in [6.07, 6.45) is -4.13. The van der Waals surface area contributed by atoms with Crippen LogP contribution >= 0.6 is 0 Å². The van der Waals surface area contributed by atoms with Crippen LogP contribution in [0.15, 0.2) is 18.2 Å². The van der Waals surface area contributed by atoms with E-state index in [4.69, 9.17) is 0 Å². The van der Waals surface area contributed by atoms with Crippen LogP contribution in [-0.2, 0) is 12.6 Å². The van der Waals surface area contributed by atoms with E-state index in [1.807, 2.05) is 0 Å². The van der Waals surface area contributed by atoms with E-state index in [0.29, 0.717) is 0 Å². The lowest BCUT2D eigenvalue weighted by atomic mass is 10.1. The molecule has 1 aromatic rings. The Hall–Kier alpha value is -1.06. The average molecular weight is 192 g/mol. The van der Waals surface area contributed by atoms with Crippen molar-refractivity contribution in [2.45, 2.75) is 19.5 Å². The highest BCUT2D eigenvalue weighted by atomic mass is 19.4. The van der Waals surface area contributed by atoms with Crippen molar-refractivity contribution in [1.29, 1.82) is 0 Å². The number of hydrogen-bond donors (Lipinski definition) is 0. The Balaban J connectivity index is 3.14. The minimum atomic E-state index is -4.39. The van der Waals surface area contributed by atoms with Gasteiger partial charge in [-0.25, -0.2) is 4.39 Å². The van der Waals surface area contributed by atoms with Crippen molar-refractivity contribution >= 4 is 0 Å². The fourth-order valence-corrected chi connectivity index (χ4v) is 1.02. The van der Waals surface area contributed by atoms with Gasteiger partial charge in [0.2, 0.25) is 0 Å². The first kappa shape index (κ1) is 10.0. The normalized spacial score (nSPS) is 11.8. The number of hydrogen-bond acceptors (Lipinski definition) is 0. The number of aryl methyl sites for hydroxylation is 1. The zero-order valence-corrected chi connectivity index (χ0v) is 6.95. The lowest BCUT2D eigenvalue weighted by Gasteiger charge is -2.08. The maximum atomic E-state index is 12.8. The third-order valence-corrected chi connectivity index (χ3v) is 1.75. The van der Waals surface area contributed by atoms with Crippen molar-refractivity contribution in [3.63, 3.8) is 0 Å². The molecule has 0 atom stereocenters. The van der Waals surface area contributed by atoms with Crippen LogP contribution in [0.4, 0.5) is 17.6 Å². The van der Waals surface area contributed by atoms with Crippen molar-refractivity contribution in [3.05, 3.63) is 35.1 Å². The summed E-state index contributed by atoms with van der Waals surface area (Å²) >= 11 is 0. The van der Waals surface area contributed by atoms with Gasteiger partial charge in [-0.15, -0.1) is 0 Å². The minimum Gasteiger partial charge on any atom is -0.207 e. The molecule has 0 spiro atoms. The molecule has 0 aliphatic carbocycles. The monoisotopic (exact) mass is 192 g/mol. The zero-order valence-electron chi connectivity index (χ0n) is 6.95. The lowest BCUT2D eigenvalue weighted by molar-refractivity contribution is -0.137. The molecule has 4 heteroatoms. The Morgan fingerprint density at radius 1 is 1.23 bits per heavy atom. The fraction of sp³-hybridized carbons (Fsp3) is 0.333. The molecular formula is C9H8F4. The van der Waals surface area contributed by atoms with E-state index in [1.54, 1.807) is 6.92 Å². The highest BCUT2D eigenvalue weighted by Crippen LogP contribution is 2.30. The smallest absolute Gasteiger partial charge is 0.207 e. The molecule has 0 saturated carbocycles. The van der Waals surface area contributed by atoms with Crippen LogP contribution in [-0.4, -0.2) is 0 Å². The van der Waals surface area contributed by atoms with Crippen molar-refractivity contribution in [2.24, 2.45) is 0 Å². The molecule has 0 saturated heterocycles. The molecule has 0 aliphatic rings. The van der Waals surface area contributed by atoms with Crippen LogP contribution in [0.3, 0.4) is 0 Å². The summed E-state index contributed by atoms with van der Waals surface area (Å²) in [6, 6.07) is 2.44. The van der Waals surface area contributed by atoms with E-state index in [2.05, 4.69) is 0 Å². The van der Waals surface area contributed by atoms with E-state index < -0.39 is 17.6 Å². The van der Waals surface area contributed by atoms with E-state index in [1.165, 1.54) is 0 Å². The Bertz CT molecular complexity index is 301. The van der Waals surface area contributed by atoms with Gasteiger partial charge in [-0.3, -0.25) is 0 Å². The summed E-state index contributed by atoms with van der Waals surface area (Å²) < 4.78 is 49.1. The quantitative estimate of drug-likeness (QED) is 0.598. The second kappa shape index (κ2) is 3.36. The van der Waals surface area contributed by atoms with Gasteiger partial charge in [0.1, 0.15) is 5.82 Å². The number of alkyl halides is 3.